The summed E-state index contributed by atoms with van der Waals surface area (Å²) in [4.78, 5) is 20.5. The number of amides is 2. The van der Waals surface area contributed by atoms with E-state index >= 15 is 0 Å². The fourth-order valence-corrected chi connectivity index (χ4v) is 3.04. The number of hydrogen-bond acceptors (Lipinski definition) is 3. The largest absolute Gasteiger partial charge is 0.352 e. The van der Waals surface area contributed by atoms with Crippen molar-refractivity contribution in [2.75, 3.05) is 37.6 Å². The molecule has 2 heterocycles. The van der Waals surface area contributed by atoms with Crippen molar-refractivity contribution in [1.29, 1.82) is 0 Å². The molecule has 1 saturated heterocycles. The summed E-state index contributed by atoms with van der Waals surface area (Å²) in [6.45, 7) is 3.47. The van der Waals surface area contributed by atoms with Gasteiger partial charge in [-0.1, -0.05) is 41.9 Å². The molecular weight excluding hydrogens is 324 g/mol. The van der Waals surface area contributed by atoms with Crippen LogP contribution in [0.5, 0.6) is 0 Å². The lowest BCUT2D eigenvalue weighted by Gasteiger charge is -2.35. The predicted molar refractivity (Wildman–Crippen MR) is 96.6 cm³/mol. The molecule has 0 spiro atoms. The molecule has 126 valence electrons. The zero-order valence-electron chi connectivity index (χ0n) is 13.5. The maximum absolute atomic E-state index is 12.3. The first-order chi connectivity index (χ1) is 11.7. The minimum Gasteiger partial charge on any atom is -0.352 e. The molecular formula is C18H21ClN4O. The van der Waals surface area contributed by atoms with E-state index in [1.54, 1.807) is 6.20 Å². The highest BCUT2D eigenvalue weighted by Crippen LogP contribution is 2.23. The van der Waals surface area contributed by atoms with Crippen molar-refractivity contribution in [1.82, 2.24) is 15.2 Å². The predicted octanol–water partition coefficient (Wildman–Crippen LogP) is 2.81. The van der Waals surface area contributed by atoms with Crippen molar-refractivity contribution in [2.45, 2.75) is 6.42 Å². The average molecular weight is 345 g/mol. The summed E-state index contributed by atoms with van der Waals surface area (Å²) in [5.41, 5.74) is 1.23. The van der Waals surface area contributed by atoms with E-state index in [0.717, 1.165) is 25.3 Å². The summed E-state index contributed by atoms with van der Waals surface area (Å²) in [7, 11) is 0. The Bertz CT molecular complexity index is 672. The second-order valence-electron chi connectivity index (χ2n) is 5.75. The van der Waals surface area contributed by atoms with Crippen LogP contribution in [0, 0.1) is 0 Å². The number of urea groups is 1. The molecule has 0 radical (unpaired) electrons. The van der Waals surface area contributed by atoms with Gasteiger partial charge in [0.05, 0.1) is 5.02 Å². The number of carbonyl (C=O) groups excluding carboxylic acids is 1. The van der Waals surface area contributed by atoms with Crippen LogP contribution in [0.25, 0.3) is 0 Å². The molecule has 24 heavy (non-hydrogen) atoms. The van der Waals surface area contributed by atoms with Crippen LogP contribution >= 0.6 is 11.6 Å². The number of nitrogens with one attached hydrogen (secondary N) is 1. The molecule has 1 aromatic heterocycles. The fraction of sp³-hybridized carbons (Fsp3) is 0.333. The molecule has 0 unspecified atom stereocenters. The second kappa shape index (κ2) is 8.02. The summed E-state index contributed by atoms with van der Waals surface area (Å²) < 4.78 is 0. The number of benzene rings is 1. The molecule has 6 heteroatoms. The first-order valence-electron chi connectivity index (χ1n) is 8.16. The molecule has 1 N–H and O–H groups in total. The third kappa shape index (κ3) is 4.17. The molecule has 3 rings (SSSR count). The molecule has 1 aliphatic rings. The zero-order chi connectivity index (χ0) is 16.8. The molecule has 1 aliphatic heterocycles. The highest BCUT2D eigenvalue weighted by atomic mass is 35.5. The van der Waals surface area contributed by atoms with Crippen LogP contribution in [0.4, 0.5) is 10.6 Å². The molecule has 1 fully saturated rings. The Morgan fingerprint density at radius 1 is 1.08 bits per heavy atom. The number of halogens is 1. The Morgan fingerprint density at radius 2 is 1.83 bits per heavy atom. The van der Waals surface area contributed by atoms with Crippen LogP contribution in [-0.4, -0.2) is 48.6 Å². The molecule has 0 atom stereocenters. The Labute approximate surface area is 147 Å². The molecule has 2 aromatic rings. The highest BCUT2D eigenvalue weighted by molar-refractivity contribution is 6.32. The van der Waals surface area contributed by atoms with Crippen LogP contribution in [0.2, 0.25) is 5.02 Å². The summed E-state index contributed by atoms with van der Waals surface area (Å²) in [5, 5.41) is 3.64. The minimum absolute atomic E-state index is 0.00213. The number of anilines is 1. The number of hydrogen-bond donors (Lipinski definition) is 1. The van der Waals surface area contributed by atoms with E-state index in [9.17, 15) is 4.79 Å². The standard InChI is InChI=1S/C18H21ClN4O/c19-16-7-4-9-20-17(16)22-11-13-23(14-12-22)18(24)21-10-8-15-5-2-1-3-6-15/h1-7,9H,8,10-14H2,(H,21,24). The van der Waals surface area contributed by atoms with Gasteiger partial charge in [-0.25, -0.2) is 9.78 Å². The van der Waals surface area contributed by atoms with Crippen LogP contribution in [0.15, 0.2) is 48.7 Å². The molecule has 1 aromatic carbocycles. The molecule has 5 nitrogen and oxygen atoms in total. The van der Waals surface area contributed by atoms with Gasteiger partial charge in [0.25, 0.3) is 0 Å². The van der Waals surface area contributed by atoms with Crippen LogP contribution in [-0.2, 0) is 6.42 Å². The third-order valence-corrected chi connectivity index (χ3v) is 4.43. The Hall–Kier alpha value is -2.27. The quantitative estimate of drug-likeness (QED) is 0.927. The highest BCUT2D eigenvalue weighted by Gasteiger charge is 2.22. The number of aromatic nitrogens is 1. The molecule has 0 aliphatic carbocycles. The van der Waals surface area contributed by atoms with Gasteiger partial charge in [-0.3, -0.25) is 0 Å². The Balaban J connectivity index is 1.44. The smallest absolute Gasteiger partial charge is 0.317 e. The van der Waals surface area contributed by atoms with Gasteiger partial charge >= 0.3 is 6.03 Å². The van der Waals surface area contributed by atoms with Crippen LogP contribution in [0.1, 0.15) is 5.56 Å². The molecule has 0 bridgehead atoms. The maximum Gasteiger partial charge on any atom is 0.317 e. The second-order valence-corrected chi connectivity index (χ2v) is 6.16. The summed E-state index contributed by atoms with van der Waals surface area (Å²) in [6, 6.07) is 13.8. The van der Waals surface area contributed by atoms with Gasteiger partial charge in [0, 0.05) is 38.9 Å². The normalized spacial score (nSPS) is 14.5. The van der Waals surface area contributed by atoms with Crippen molar-refractivity contribution >= 4 is 23.4 Å². The van der Waals surface area contributed by atoms with Gasteiger partial charge in [0.2, 0.25) is 0 Å². The van der Waals surface area contributed by atoms with Crippen LogP contribution in [0.3, 0.4) is 0 Å². The molecule has 2 amide bonds. The molecule has 0 saturated carbocycles. The third-order valence-electron chi connectivity index (χ3n) is 4.14. The van der Waals surface area contributed by atoms with Gasteiger partial charge in [-0.2, -0.15) is 0 Å². The van der Waals surface area contributed by atoms with E-state index in [4.69, 9.17) is 11.6 Å². The minimum atomic E-state index is -0.00213. The van der Waals surface area contributed by atoms with E-state index in [-0.39, 0.29) is 6.03 Å². The summed E-state index contributed by atoms with van der Waals surface area (Å²) in [6.07, 6.45) is 2.58. The van der Waals surface area contributed by atoms with E-state index < -0.39 is 0 Å². The van der Waals surface area contributed by atoms with Gasteiger partial charge < -0.3 is 15.1 Å². The summed E-state index contributed by atoms with van der Waals surface area (Å²) in [5.74, 6) is 0.795. The summed E-state index contributed by atoms with van der Waals surface area (Å²) >= 11 is 6.19. The van der Waals surface area contributed by atoms with Gasteiger partial charge in [-0.15, -0.1) is 0 Å². The van der Waals surface area contributed by atoms with Crippen molar-refractivity contribution < 1.29 is 4.79 Å². The van der Waals surface area contributed by atoms with E-state index in [1.807, 2.05) is 35.2 Å². The number of pyridine rings is 1. The van der Waals surface area contributed by atoms with Crippen molar-refractivity contribution in [3.63, 3.8) is 0 Å². The number of rotatable bonds is 4. The number of carbonyl (C=O) groups is 1. The number of piperazine rings is 1. The first kappa shape index (κ1) is 16.6. The lowest BCUT2D eigenvalue weighted by molar-refractivity contribution is 0.194. The number of nitrogens with zero attached hydrogens (tertiary/aromatic N) is 3. The van der Waals surface area contributed by atoms with E-state index in [0.29, 0.717) is 24.7 Å². The lowest BCUT2D eigenvalue weighted by Crippen LogP contribution is -2.52. The van der Waals surface area contributed by atoms with Crippen molar-refractivity contribution in [2.24, 2.45) is 0 Å². The fourth-order valence-electron chi connectivity index (χ4n) is 2.80. The average Bonchev–Trinajstić information content (AvgIpc) is 2.63. The van der Waals surface area contributed by atoms with Gasteiger partial charge in [0.15, 0.2) is 0 Å². The zero-order valence-corrected chi connectivity index (χ0v) is 14.2. The van der Waals surface area contributed by atoms with E-state index in [1.165, 1.54) is 5.56 Å². The van der Waals surface area contributed by atoms with Crippen molar-refractivity contribution in [3.8, 4) is 0 Å². The van der Waals surface area contributed by atoms with Crippen LogP contribution < -0.4 is 10.2 Å². The SMILES string of the molecule is O=C(NCCc1ccccc1)N1CCN(c2ncccc2Cl)CC1. The van der Waals surface area contributed by atoms with Crippen molar-refractivity contribution in [3.05, 3.63) is 59.2 Å². The lowest BCUT2D eigenvalue weighted by atomic mass is 10.1. The maximum atomic E-state index is 12.3. The topological polar surface area (TPSA) is 48.5 Å². The Morgan fingerprint density at radius 3 is 2.54 bits per heavy atom. The van der Waals surface area contributed by atoms with E-state index in [2.05, 4.69) is 27.3 Å². The van der Waals surface area contributed by atoms with Gasteiger partial charge in [-0.05, 0) is 24.1 Å². The first-order valence-corrected chi connectivity index (χ1v) is 8.54. The Kier molecular flexibility index (Phi) is 5.54. The monoisotopic (exact) mass is 344 g/mol. The van der Waals surface area contributed by atoms with Gasteiger partial charge in [0.1, 0.15) is 5.82 Å².